The predicted octanol–water partition coefficient (Wildman–Crippen LogP) is 6.58. The van der Waals surface area contributed by atoms with Crippen molar-refractivity contribution in [1.29, 1.82) is 0 Å². The number of aryl methyl sites for hydroxylation is 1. The van der Waals surface area contributed by atoms with Crippen LogP contribution in [0.3, 0.4) is 0 Å². The summed E-state index contributed by atoms with van der Waals surface area (Å²) in [4.78, 5) is 0. The molecule has 0 nitrogen and oxygen atoms in total. The SMILES string of the molecule is Cc1ccc(C(=C(CCCl)c2ccccc2)c2ccccc2)cc1. The van der Waals surface area contributed by atoms with Crippen molar-refractivity contribution in [2.45, 2.75) is 13.3 Å². The maximum Gasteiger partial charge on any atom is 0.0264 e. The van der Waals surface area contributed by atoms with Crippen LogP contribution in [0.25, 0.3) is 11.1 Å². The normalized spacial score (nSPS) is 11.9. The van der Waals surface area contributed by atoms with Gasteiger partial charge in [-0.15, -0.1) is 11.6 Å². The van der Waals surface area contributed by atoms with E-state index in [1.807, 2.05) is 0 Å². The van der Waals surface area contributed by atoms with E-state index in [0.29, 0.717) is 5.88 Å². The lowest BCUT2D eigenvalue weighted by Crippen LogP contribution is -1.96. The van der Waals surface area contributed by atoms with E-state index in [1.54, 1.807) is 0 Å². The molecule has 3 rings (SSSR count). The molecule has 1 heteroatoms. The van der Waals surface area contributed by atoms with Gasteiger partial charge in [-0.1, -0.05) is 90.5 Å². The summed E-state index contributed by atoms with van der Waals surface area (Å²) in [5, 5.41) is 0. The van der Waals surface area contributed by atoms with Gasteiger partial charge in [0.15, 0.2) is 0 Å². The van der Waals surface area contributed by atoms with E-state index in [0.717, 1.165) is 6.42 Å². The Morgan fingerprint density at radius 2 is 1.17 bits per heavy atom. The highest BCUT2D eigenvalue weighted by Crippen LogP contribution is 2.34. The molecule has 0 saturated heterocycles. The van der Waals surface area contributed by atoms with Crippen LogP contribution < -0.4 is 0 Å². The Kier molecular flexibility index (Phi) is 5.51. The van der Waals surface area contributed by atoms with E-state index in [-0.39, 0.29) is 0 Å². The van der Waals surface area contributed by atoms with E-state index in [1.165, 1.54) is 33.4 Å². The molecule has 0 aliphatic carbocycles. The molecule has 0 bridgehead atoms. The van der Waals surface area contributed by atoms with E-state index in [4.69, 9.17) is 11.6 Å². The van der Waals surface area contributed by atoms with Gasteiger partial charge in [0.1, 0.15) is 0 Å². The lowest BCUT2D eigenvalue weighted by Gasteiger charge is -2.17. The van der Waals surface area contributed by atoms with Crippen LogP contribution in [-0.4, -0.2) is 5.88 Å². The zero-order chi connectivity index (χ0) is 16.8. The summed E-state index contributed by atoms with van der Waals surface area (Å²) in [5.41, 5.74) is 7.52. The van der Waals surface area contributed by atoms with Crippen LogP contribution in [0.4, 0.5) is 0 Å². The Labute approximate surface area is 149 Å². The monoisotopic (exact) mass is 332 g/mol. The zero-order valence-electron chi connectivity index (χ0n) is 13.9. The Balaban J connectivity index is 2.26. The number of alkyl halides is 1. The van der Waals surface area contributed by atoms with Crippen molar-refractivity contribution in [3.05, 3.63) is 107 Å². The summed E-state index contributed by atoms with van der Waals surface area (Å²) in [6.07, 6.45) is 0.837. The minimum absolute atomic E-state index is 0.604. The third-order valence-electron chi connectivity index (χ3n) is 4.17. The van der Waals surface area contributed by atoms with Gasteiger partial charge < -0.3 is 0 Å². The minimum Gasteiger partial charge on any atom is -0.126 e. The lowest BCUT2D eigenvalue weighted by atomic mass is 9.88. The molecule has 0 amide bonds. The van der Waals surface area contributed by atoms with Gasteiger partial charge in [0, 0.05) is 5.88 Å². The molecule has 0 aliphatic heterocycles. The molecule has 0 heterocycles. The van der Waals surface area contributed by atoms with Gasteiger partial charge in [-0.3, -0.25) is 0 Å². The summed E-state index contributed by atoms with van der Waals surface area (Å²) in [6.45, 7) is 2.12. The van der Waals surface area contributed by atoms with Crippen molar-refractivity contribution in [1.82, 2.24) is 0 Å². The highest BCUT2D eigenvalue weighted by molar-refractivity contribution is 6.18. The summed E-state index contributed by atoms with van der Waals surface area (Å²) in [5.74, 6) is 0.604. The highest BCUT2D eigenvalue weighted by Gasteiger charge is 2.13. The first-order valence-electron chi connectivity index (χ1n) is 8.26. The third-order valence-corrected chi connectivity index (χ3v) is 4.36. The lowest BCUT2D eigenvalue weighted by molar-refractivity contribution is 1.25. The van der Waals surface area contributed by atoms with Crippen molar-refractivity contribution in [3.8, 4) is 0 Å². The molecular formula is C23H21Cl. The Morgan fingerprint density at radius 1 is 0.667 bits per heavy atom. The molecule has 0 atom stereocenters. The van der Waals surface area contributed by atoms with Crippen molar-refractivity contribution in [2.75, 3.05) is 5.88 Å². The molecule has 0 aromatic heterocycles. The van der Waals surface area contributed by atoms with E-state index in [9.17, 15) is 0 Å². The quantitative estimate of drug-likeness (QED) is 0.365. The molecular weight excluding hydrogens is 312 g/mol. The van der Waals surface area contributed by atoms with Crippen LogP contribution in [-0.2, 0) is 0 Å². The van der Waals surface area contributed by atoms with E-state index < -0.39 is 0 Å². The van der Waals surface area contributed by atoms with Crippen molar-refractivity contribution in [2.24, 2.45) is 0 Å². The number of halogens is 1. The molecule has 0 spiro atoms. The van der Waals surface area contributed by atoms with Gasteiger partial charge in [0.25, 0.3) is 0 Å². The maximum absolute atomic E-state index is 6.16. The van der Waals surface area contributed by atoms with Gasteiger partial charge >= 0.3 is 0 Å². The topological polar surface area (TPSA) is 0 Å². The predicted molar refractivity (Wildman–Crippen MR) is 105 cm³/mol. The zero-order valence-corrected chi connectivity index (χ0v) is 14.6. The standard InChI is InChI=1S/C23H21Cl/c1-18-12-14-21(15-13-18)23(20-10-6-3-7-11-20)22(16-17-24)19-8-4-2-5-9-19/h2-15H,16-17H2,1H3. The average molecular weight is 333 g/mol. The van der Waals surface area contributed by atoms with Gasteiger partial charge in [0.2, 0.25) is 0 Å². The van der Waals surface area contributed by atoms with Crippen LogP contribution in [0.5, 0.6) is 0 Å². The number of hydrogen-bond donors (Lipinski definition) is 0. The van der Waals surface area contributed by atoms with E-state index in [2.05, 4.69) is 91.9 Å². The van der Waals surface area contributed by atoms with E-state index >= 15 is 0 Å². The summed E-state index contributed by atoms with van der Waals surface area (Å²) in [6, 6.07) is 29.9. The molecule has 0 unspecified atom stereocenters. The van der Waals surface area contributed by atoms with Gasteiger partial charge in [0.05, 0.1) is 0 Å². The fourth-order valence-electron chi connectivity index (χ4n) is 2.99. The second kappa shape index (κ2) is 7.99. The molecule has 3 aromatic carbocycles. The first kappa shape index (κ1) is 16.5. The first-order valence-corrected chi connectivity index (χ1v) is 8.80. The van der Waals surface area contributed by atoms with Gasteiger partial charge in [-0.2, -0.15) is 0 Å². The average Bonchev–Trinajstić information content (AvgIpc) is 2.64. The highest BCUT2D eigenvalue weighted by atomic mass is 35.5. The van der Waals surface area contributed by atoms with Crippen LogP contribution in [0, 0.1) is 6.92 Å². The number of rotatable bonds is 5. The Hall–Kier alpha value is -2.31. The molecule has 3 aromatic rings. The molecule has 0 aliphatic rings. The maximum atomic E-state index is 6.16. The molecule has 120 valence electrons. The fourth-order valence-corrected chi connectivity index (χ4v) is 3.18. The molecule has 0 N–H and O–H groups in total. The third kappa shape index (κ3) is 3.77. The smallest absolute Gasteiger partial charge is 0.0264 e. The summed E-state index contributed by atoms with van der Waals surface area (Å²) < 4.78 is 0. The molecule has 24 heavy (non-hydrogen) atoms. The second-order valence-corrected chi connectivity index (χ2v) is 6.27. The number of hydrogen-bond acceptors (Lipinski definition) is 0. The van der Waals surface area contributed by atoms with Crippen LogP contribution in [0.1, 0.15) is 28.7 Å². The van der Waals surface area contributed by atoms with Crippen LogP contribution >= 0.6 is 11.6 Å². The second-order valence-electron chi connectivity index (χ2n) is 5.89. The summed E-state index contributed by atoms with van der Waals surface area (Å²) in [7, 11) is 0. The molecule has 0 fully saturated rings. The van der Waals surface area contributed by atoms with Crippen molar-refractivity contribution >= 4 is 22.7 Å². The number of allylic oxidation sites excluding steroid dienone is 1. The Morgan fingerprint density at radius 3 is 1.71 bits per heavy atom. The fraction of sp³-hybridized carbons (Fsp3) is 0.130. The van der Waals surface area contributed by atoms with Crippen molar-refractivity contribution in [3.63, 3.8) is 0 Å². The van der Waals surface area contributed by atoms with Gasteiger partial charge in [-0.05, 0) is 41.2 Å². The van der Waals surface area contributed by atoms with Crippen LogP contribution in [0.15, 0.2) is 84.9 Å². The Bertz CT molecular complexity index is 800. The van der Waals surface area contributed by atoms with Gasteiger partial charge in [-0.25, -0.2) is 0 Å². The van der Waals surface area contributed by atoms with Crippen molar-refractivity contribution < 1.29 is 0 Å². The summed E-state index contributed by atoms with van der Waals surface area (Å²) >= 11 is 6.16. The van der Waals surface area contributed by atoms with Crippen LogP contribution in [0.2, 0.25) is 0 Å². The molecule has 0 radical (unpaired) electrons. The number of benzene rings is 3. The first-order chi connectivity index (χ1) is 11.8. The minimum atomic E-state index is 0.604. The largest absolute Gasteiger partial charge is 0.126 e. The molecule has 0 saturated carbocycles.